The van der Waals surface area contributed by atoms with Crippen LogP contribution < -0.4 is 5.32 Å². The zero-order valence-corrected chi connectivity index (χ0v) is 9.04. The summed E-state index contributed by atoms with van der Waals surface area (Å²) in [6.07, 6.45) is -0.414. The van der Waals surface area contributed by atoms with Gasteiger partial charge in [-0.3, -0.25) is 4.79 Å². The Morgan fingerprint density at radius 1 is 1.33 bits per heavy atom. The van der Waals surface area contributed by atoms with Crippen molar-refractivity contribution in [1.82, 2.24) is 5.32 Å². The van der Waals surface area contributed by atoms with E-state index in [1.165, 1.54) is 0 Å². The standard InChI is InChI=1S/C11H13NO2S/c13-10-7-15-6-9(10)12-11(14)8-4-2-1-3-5-8/h1-5,9-10,13H,6-7H2,(H,12,14)/t9-,10+/m1/s1. The molecule has 0 radical (unpaired) electrons. The molecule has 1 saturated heterocycles. The van der Waals surface area contributed by atoms with Crippen LogP contribution in [0.15, 0.2) is 30.3 Å². The van der Waals surface area contributed by atoms with E-state index in [1.807, 2.05) is 18.2 Å². The first-order valence-electron chi connectivity index (χ1n) is 4.89. The number of aliphatic hydroxyl groups excluding tert-OH is 1. The zero-order chi connectivity index (χ0) is 10.7. The van der Waals surface area contributed by atoms with Gasteiger partial charge in [0.15, 0.2) is 0 Å². The number of aliphatic hydroxyl groups is 1. The van der Waals surface area contributed by atoms with Crippen LogP contribution in [-0.4, -0.2) is 34.7 Å². The molecule has 1 heterocycles. The lowest BCUT2D eigenvalue weighted by Crippen LogP contribution is -2.42. The van der Waals surface area contributed by atoms with Crippen molar-refractivity contribution in [2.75, 3.05) is 11.5 Å². The third-order valence-electron chi connectivity index (χ3n) is 2.40. The highest BCUT2D eigenvalue weighted by Gasteiger charge is 2.27. The number of amides is 1. The normalized spacial score (nSPS) is 25.1. The van der Waals surface area contributed by atoms with Crippen molar-refractivity contribution in [3.8, 4) is 0 Å². The van der Waals surface area contributed by atoms with Crippen LogP contribution >= 0.6 is 11.8 Å². The molecule has 0 saturated carbocycles. The molecule has 80 valence electrons. The van der Waals surface area contributed by atoms with E-state index in [1.54, 1.807) is 23.9 Å². The molecule has 0 aromatic heterocycles. The van der Waals surface area contributed by atoms with Crippen LogP contribution in [0, 0.1) is 0 Å². The first-order chi connectivity index (χ1) is 7.27. The zero-order valence-electron chi connectivity index (χ0n) is 8.22. The SMILES string of the molecule is O=C(N[C@@H]1CSC[C@@H]1O)c1ccccc1. The maximum atomic E-state index is 11.7. The second kappa shape index (κ2) is 4.68. The fourth-order valence-corrected chi connectivity index (χ4v) is 2.69. The van der Waals surface area contributed by atoms with Crippen molar-refractivity contribution in [2.45, 2.75) is 12.1 Å². The number of benzene rings is 1. The Morgan fingerprint density at radius 2 is 2.07 bits per heavy atom. The van der Waals surface area contributed by atoms with E-state index >= 15 is 0 Å². The molecule has 4 heteroatoms. The largest absolute Gasteiger partial charge is 0.390 e. The predicted molar refractivity (Wildman–Crippen MR) is 61.0 cm³/mol. The van der Waals surface area contributed by atoms with Gasteiger partial charge in [-0.15, -0.1) is 0 Å². The maximum absolute atomic E-state index is 11.7. The average molecular weight is 223 g/mol. The Bertz CT molecular complexity index is 342. The van der Waals surface area contributed by atoms with Gasteiger partial charge in [-0.2, -0.15) is 11.8 Å². The number of hydrogen-bond acceptors (Lipinski definition) is 3. The van der Waals surface area contributed by atoms with E-state index < -0.39 is 6.10 Å². The molecule has 3 nitrogen and oxygen atoms in total. The Kier molecular flexibility index (Phi) is 3.28. The quantitative estimate of drug-likeness (QED) is 0.783. The van der Waals surface area contributed by atoms with Crippen molar-refractivity contribution in [3.05, 3.63) is 35.9 Å². The summed E-state index contributed by atoms with van der Waals surface area (Å²) in [7, 11) is 0. The van der Waals surface area contributed by atoms with Gasteiger partial charge in [-0.1, -0.05) is 18.2 Å². The molecule has 1 amide bonds. The van der Waals surface area contributed by atoms with Crippen LogP contribution in [0.4, 0.5) is 0 Å². The van der Waals surface area contributed by atoms with Gasteiger partial charge in [0.05, 0.1) is 12.1 Å². The molecule has 0 bridgehead atoms. The van der Waals surface area contributed by atoms with Crippen molar-refractivity contribution in [2.24, 2.45) is 0 Å². The molecule has 1 aromatic rings. The molecule has 1 aliphatic rings. The molecular weight excluding hydrogens is 210 g/mol. The van der Waals surface area contributed by atoms with Gasteiger partial charge in [0, 0.05) is 17.1 Å². The summed E-state index contributed by atoms with van der Waals surface area (Å²) in [4.78, 5) is 11.7. The highest BCUT2D eigenvalue weighted by Crippen LogP contribution is 2.18. The van der Waals surface area contributed by atoms with Crippen molar-refractivity contribution in [1.29, 1.82) is 0 Å². The minimum Gasteiger partial charge on any atom is -0.390 e. The minimum absolute atomic E-state index is 0.109. The molecule has 2 N–H and O–H groups in total. The Hall–Kier alpha value is -1.00. The molecule has 1 aliphatic heterocycles. The van der Waals surface area contributed by atoms with E-state index in [-0.39, 0.29) is 11.9 Å². The number of hydrogen-bond donors (Lipinski definition) is 2. The number of carbonyl (C=O) groups is 1. The lowest BCUT2D eigenvalue weighted by atomic mass is 10.1. The van der Waals surface area contributed by atoms with Crippen molar-refractivity contribution in [3.63, 3.8) is 0 Å². The fourth-order valence-electron chi connectivity index (χ4n) is 1.52. The first kappa shape index (κ1) is 10.5. The molecule has 0 spiro atoms. The van der Waals surface area contributed by atoms with E-state index in [4.69, 9.17) is 0 Å². The molecule has 2 rings (SSSR count). The summed E-state index contributed by atoms with van der Waals surface area (Å²) in [5.41, 5.74) is 0.640. The lowest BCUT2D eigenvalue weighted by molar-refractivity contribution is 0.0889. The summed E-state index contributed by atoms with van der Waals surface area (Å²) in [6, 6.07) is 8.96. The van der Waals surface area contributed by atoms with Gasteiger partial charge in [0.25, 0.3) is 5.91 Å². The van der Waals surface area contributed by atoms with E-state index in [2.05, 4.69) is 5.32 Å². The average Bonchev–Trinajstić information content (AvgIpc) is 2.66. The molecular formula is C11H13NO2S. The fraction of sp³-hybridized carbons (Fsp3) is 0.364. The van der Waals surface area contributed by atoms with Crippen LogP contribution in [0.2, 0.25) is 0 Å². The van der Waals surface area contributed by atoms with Crippen molar-refractivity contribution >= 4 is 17.7 Å². The lowest BCUT2D eigenvalue weighted by Gasteiger charge is -2.15. The van der Waals surface area contributed by atoms with Gasteiger partial charge in [-0.25, -0.2) is 0 Å². The maximum Gasteiger partial charge on any atom is 0.251 e. The Balaban J connectivity index is 1.98. The summed E-state index contributed by atoms with van der Waals surface area (Å²) >= 11 is 1.66. The molecule has 0 aliphatic carbocycles. The summed E-state index contributed by atoms with van der Waals surface area (Å²) < 4.78 is 0. The van der Waals surface area contributed by atoms with Gasteiger partial charge in [0.2, 0.25) is 0 Å². The predicted octanol–water partition coefficient (Wildman–Crippen LogP) is 0.893. The van der Waals surface area contributed by atoms with E-state index in [0.29, 0.717) is 11.3 Å². The van der Waals surface area contributed by atoms with Crippen LogP contribution in [0.1, 0.15) is 10.4 Å². The summed E-state index contributed by atoms with van der Waals surface area (Å²) in [5, 5.41) is 12.4. The first-order valence-corrected chi connectivity index (χ1v) is 6.04. The Labute approximate surface area is 92.9 Å². The van der Waals surface area contributed by atoms with E-state index in [0.717, 1.165) is 5.75 Å². The van der Waals surface area contributed by atoms with Crippen LogP contribution in [0.3, 0.4) is 0 Å². The highest BCUT2D eigenvalue weighted by atomic mass is 32.2. The summed E-state index contributed by atoms with van der Waals surface area (Å²) in [6.45, 7) is 0. The second-order valence-electron chi connectivity index (χ2n) is 3.55. The number of thioether (sulfide) groups is 1. The topological polar surface area (TPSA) is 49.3 Å². The van der Waals surface area contributed by atoms with Gasteiger partial charge < -0.3 is 10.4 Å². The third-order valence-corrected chi connectivity index (χ3v) is 3.57. The van der Waals surface area contributed by atoms with Crippen LogP contribution in [-0.2, 0) is 0 Å². The van der Waals surface area contributed by atoms with Crippen LogP contribution in [0.5, 0.6) is 0 Å². The van der Waals surface area contributed by atoms with E-state index in [9.17, 15) is 9.90 Å². The number of carbonyl (C=O) groups excluding carboxylic acids is 1. The molecule has 0 unspecified atom stereocenters. The third kappa shape index (κ3) is 2.52. The smallest absolute Gasteiger partial charge is 0.251 e. The van der Waals surface area contributed by atoms with Crippen molar-refractivity contribution < 1.29 is 9.90 Å². The monoisotopic (exact) mass is 223 g/mol. The molecule has 1 aromatic carbocycles. The molecule has 2 atom stereocenters. The second-order valence-corrected chi connectivity index (χ2v) is 4.63. The van der Waals surface area contributed by atoms with Crippen LogP contribution in [0.25, 0.3) is 0 Å². The van der Waals surface area contributed by atoms with Gasteiger partial charge in [0.1, 0.15) is 0 Å². The van der Waals surface area contributed by atoms with Gasteiger partial charge >= 0.3 is 0 Å². The number of nitrogens with one attached hydrogen (secondary N) is 1. The minimum atomic E-state index is -0.414. The van der Waals surface area contributed by atoms with Gasteiger partial charge in [-0.05, 0) is 12.1 Å². The Morgan fingerprint density at radius 3 is 2.67 bits per heavy atom. The highest BCUT2D eigenvalue weighted by molar-refractivity contribution is 7.99. The molecule has 1 fully saturated rings. The number of rotatable bonds is 2. The summed E-state index contributed by atoms with van der Waals surface area (Å²) in [5.74, 6) is 1.39. The molecule has 15 heavy (non-hydrogen) atoms.